The highest BCUT2D eigenvalue weighted by molar-refractivity contribution is 6.31. The number of carbonyl (C=O) groups excluding carboxylic acids is 1. The zero-order chi connectivity index (χ0) is 20.0. The monoisotopic (exact) mass is 393 g/mol. The van der Waals surface area contributed by atoms with Gasteiger partial charge in [0.1, 0.15) is 11.4 Å². The Kier molecular flexibility index (Phi) is 7.22. The van der Waals surface area contributed by atoms with Crippen molar-refractivity contribution < 1.29 is 18.7 Å². The van der Waals surface area contributed by atoms with Gasteiger partial charge in [0, 0.05) is 20.1 Å². The van der Waals surface area contributed by atoms with Crippen LogP contribution in [-0.4, -0.2) is 31.5 Å². The summed E-state index contributed by atoms with van der Waals surface area (Å²) in [6.45, 7) is 5.80. The maximum Gasteiger partial charge on any atom is 0.407 e. The van der Waals surface area contributed by atoms with E-state index in [9.17, 15) is 9.18 Å². The van der Waals surface area contributed by atoms with Crippen molar-refractivity contribution in [1.29, 1.82) is 0 Å². The van der Waals surface area contributed by atoms with Gasteiger partial charge >= 0.3 is 6.09 Å². The number of halogens is 2. The molecule has 0 spiro atoms. The van der Waals surface area contributed by atoms with Crippen LogP contribution in [0.2, 0.25) is 5.02 Å². The molecule has 0 aliphatic rings. The standard InChI is InChI=1S/C21H25ClFNO3/c1-21(2,3)27-20(25)24-13-17(26-4)11-14-5-7-15(8-6-14)16-9-10-19(23)18(22)12-16/h5-10,12,17H,11,13H2,1-4H3,(H,24,25)/t17-/m1/s1. The van der Waals surface area contributed by atoms with Gasteiger partial charge in [0.05, 0.1) is 11.1 Å². The van der Waals surface area contributed by atoms with E-state index in [2.05, 4.69) is 5.32 Å². The lowest BCUT2D eigenvalue weighted by molar-refractivity contribution is 0.0457. The topological polar surface area (TPSA) is 47.6 Å². The second-order valence-corrected chi connectivity index (χ2v) is 7.68. The minimum atomic E-state index is -0.536. The lowest BCUT2D eigenvalue weighted by Crippen LogP contribution is -2.38. The molecule has 0 unspecified atom stereocenters. The van der Waals surface area contributed by atoms with E-state index in [4.69, 9.17) is 21.1 Å². The Labute approximate surface area is 164 Å². The summed E-state index contributed by atoms with van der Waals surface area (Å²) >= 11 is 5.85. The molecule has 1 N–H and O–H groups in total. The number of benzene rings is 2. The fourth-order valence-corrected chi connectivity index (χ4v) is 2.70. The van der Waals surface area contributed by atoms with Crippen LogP contribution in [0.1, 0.15) is 26.3 Å². The average molecular weight is 394 g/mol. The molecule has 1 atom stereocenters. The Morgan fingerprint density at radius 1 is 1.15 bits per heavy atom. The van der Waals surface area contributed by atoms with Gasteiger partial charge in [0.2, 0.25) is 0 Å². The van der Waals surface area contributed by atoms with Gasteiger partial charge < -0.3 is 14.8 Å². The summed E-state index contributed by atoms with van der Waals surface area (Å²) in [6.07, 6.45) is -0.00626. The highest BCUT2D eigenvalue weighted by atomic mass is 35.5. The molecule has 0 fully saturated rings. The Bertz CT molecular complexity index is 772. The molecule has 0 saturated heterocycles. The van der Waals surface area contributed by atoms with E-state index in [1.54, 1.807) is 19.2 Å². The van der Waals surface area contributed by atoms with Crippen molar-refractivity contribution >= 4 is 17.7 Å². The molecule has 27 heavy (non-hydrogen) atoms. The number of hydrogen-bond donors (Lipinski definition) is 1. The molecular formula is C21H25ClFNO3. The van der Waals surface area contributed by atoms with Gasteiger partial charge in [0.15, 0.2) is 0 Å². The zero-order valence-corrected chi connectivity index (χ0v) is 16.8. The third-order valence-electron chi connectivity index (χ3n) is 3.88. The Morgan fingerprint density at radius 3 is 2.33 bits per heavy atom. The van der Waals surface area contributed by atoms with Crippen molar-refractivity contribution in [3.05, 3.63) is 58.9 Å². The Balaban J connectivity index is 1.95. The maximum absolute atomic E-state index is 13.3. The van der Waals surface area contributed by atoms with Crippen LogP contribution in [0.5, 0.6) is 0 Å². The highest BCUT2D eigenvalue weighted by Gasteiger charge is 2.17. The quantitative estimate of drug-likeness (QED) is 0.731. The van der Waals surface area contributed by atoms with E-state index in [0.29, 0.717) is 13.0 Å². The lowest BCUT2D eigenvalue weighted by Gasteiger charge is -2.21. The Morgan fingerprint density at radius 2 is 1.78 bits per heavy atom. The van der Waals surface area contributed by atoms with Crippen LogP contribution in [-0.2, 0) is 15.9 Å². The van der Waals surface area contributed by atoms with Crippen LogP contribution in [0.3, 0.4) is 0 Å². The predicted molar refractivity (Wildman–Crippen MR) is 106 cm³/mol. The van der Waals surface area contributed by atoms with Gasteiger partial charge in [-0.2, -0.15) is 0 Å². The molecule has 4 nitrogen and oxygen atoms in total. The molecule has 6 heteroatoms. The van der Waals surface area contributed by atoms with Crippen molar-refractivity contribution in [2.24, 2.45) is 0 Å². The molecule has 2 rings (SSSR count). The largest absolute Gasteiger partial charge is 0.444 e. The molecule has 0 radical (unpaired) electrons. The van der Waals surface area contributed by atoms with Crippen molar-refractivity contribution in [2.45, 2.75) is 38.9 Å². The third-order valence-corrected chi connectivity index (χ3v) is 4.17. The molecule has 2 aromatic carbocycles. The number of rotatable bonds is 6. The smallest absolute Gasteiger partial charge is 0.407 e. The van der Waals surface area contributed by atoms with Crippen LogP contribution in [0.15, 0.2) is 42.5 Å². The zero-order valence-electron chi connectivity index (χ0n) is 16.0. The third kappa shape index (κ3) is 6.85. The molecule has 0 aliphatic carbocycles. The number of methoxy groups -OCH3 is 1. The van der Waals surface area contributed by atoms with Crippen molar-refractivity contribution in [2.75, 3.05) is 13.7 Å². The van der Waals surface area contributed by atoms with Gasteiger partial charge in [-0.3, -0.25) is 0 Å². The molecule has 0 saturated carbocycles. The summed E-state index contributed by atoms with van der Waals surface area (Å²) in [6, 6.07) is 12.5. The number of amides is 1. The Hall–Kier alpha value is -2.11. The molecule has 1 amide bonds. The van der Waals surface area contributed by atoms with E-state index in [1.807, 2.05) is 45.0 Å². The lowest BCUT2D eigenvalue weighted by atomic mass is 10.0. The summed E-state index contributed by atoms with van der Waals surface area (Å²) in [5, 5.41) is 2.82. The van der Waals surface area contributed by atoms with Crippen LogP contribution in [0.25, 0.3) is 11.1 Å². The van der Waals surface area contributed by atoms with E-state index < -0.39 is 17.5 Å². The van der Waals surface area contributed by atoms with Crippen LogP contribution in [0.4, 0.5) is 9.18 Å². The molecule has 2 aromatic rings. The fraction of sp³-hybridized carbons (Fsp3) is 0.381. The van der Waals surface area contributed by atoms with Gasteiger partial charge in [-0.1, -0.05) is 41.9 Å². The first-order valence-corrected chi connectivity index (χ1v) is 9.10. The van der Waals surface area contributed by atoms with E-state index in [0.717, 1.165) is 16.7 Å². The second kappa shape index (κ2) is 9.20. The minimum Gasteiger partial charge on any atom is -0.444 e. The average Bonchev–Trinajstić information content (AvgIpc) is 2.60. The molecule has 0 aromatic heterocycles. The number of alkyl carbamates (subject to hydrolysis) is 1. The molecule has 0 heterocycles. The minimum absolute atomic E-state index is 0.101. The van der Waals surface area contributed by atoms with Crippen LogP contribution >= 0.6 is 11.6 Å². The van der Waals surface area contributed by atoms with Crippen LogP contribution < -0.4 is 5.32 Å². The predicted octanol–water partition coefficient (Wildman–Crippen LogP) is 5.23. The first-order valence-electron chi connectivity index (χ1n) is 8.72. The fourth-order valence-electron chi connectivity index (χ4n) is 2.52. The summed E-state index contributed by atoms with van der Waals surface area (Å²) in [5.74, 6) is -0.433. The number of carbonyl (C=O) groups is 1. The van der Waals surface area contributed by atoms with Crippen LogP contribution in [0, 0.1) is 5.82 Å². The summed E-state index contributed by atoms with van der Waals surface area (Å²) in [5.41, 5.74) is 2.32. The number of hydrogen-bond acceptors (Lipinski definition) is 3. The first-order chi connectivity index (χ1) is 12.7. The second-order valence-electron chi connectivity index (χ2n) is 7.27. The van der Waals surface area contributed by atoms with Crippen molar-refractivity contribution in [3.8, 4) is 11.1 Å². The SMILES string of the molecule is CO[C@@H](CNC(=O)OC(C)(C)C)Cc1ccc(-c2ccc(F)c(Cl)c2)cc1. The van der Waals surface area contributed by atoms with Gasteiger partial charge in [-0.15, -0.1) is 0 Å². The number of nitrogens with one attached hydrogen (secondary N) is 1. The summed E-state index contributed by atoms with van der Waals surface area (Å²) in [4.78, 5) is 11.8. The molecule has 0 bridgehead atoms. The van der Waals surface area contributed by atoms with E-state index in [-0.39, 0.29) is 11.1 Å². The summed E-state index contributed by atoms with van der Waals surface area (Å²) in [7, 11) is 1.61. The molecular weight excluding hydrogens is 369 g/mol. The van der Waals surface area contributed by atoms with E-state index in [1.165, 1.54) is 6.07 Å². The van der Waals surface area contributed by atoms with Crippen molar-refractivity contribution in [1.82, 2.24) is 5.32 Å². The van der Waals surface area contributed by atoms with E-state index >= 15 is 0 Å². The first kappa shape index (κ1) is 21.2. The van der Waals surface area contributed by atoms with Gasteiger partial charge in [-0.05, 0) is 49.6 Å². The van der Waals surface area contributed by atoms with Crippen molar-refractivity contribution in [3.63, 3.8) is 0 Å². The summed E-state index contributed by atoms with van der Waals surface area (Å²) < 4.78 is 24.0. The normalized spacial score (nSPS) is 12.5. The number of ether oxygens (including phenoxy) is 2. The highest BCUT2D eigenvalue weighted by Crippen LogP contribution is 2.25. The molecule has 146 valence electrons. The van der Waals surface area contributed by atoms with Gasteiger partial charge in [-0.25, -0.2) is 9.18 Å². The maximum atomic E-state index is 13.3. The van der Waals surface area contributed by atoms with Gasteiger partial charge in [0.25, 0.3) is 0 Å². The molecule has 0 aliphatic heterocycles.